The number of carbonyl (C=O) groups excluding carboxylic acids is 2. The average molecular weight is 489 g/mol. The van der Waals surface area contributed by atoms with E-state index in [0.717, 1.165) is 22.9 Å². The van der Waals surface area contributed by atoms with Crippen molar-refractivity contribution in [3.8, 4) is 0 Å². The molecule has 2 heterocycles. The number of rotatable bonds is 7. The molecule has 178 valence electrons. The molecular weight excluding hydrogens is 464 g/mol. The Hall–Kier alpha value is -3.98. The minimum Gasteiger partial charge on any atom is -0.465 e. The van der Waals surface area contributed by atoms with E-state index in [1.807, 2.05) is 60.7 Å². The lowest BCUT2D eigenvalue weighted by Gasteiger charge is -2.29. The van der Waals surface area contributed by atoms with Gasteiger partial charge in [0.05, 0.1) is 29.9 Å². The zero-order valence-electron chi connectivity index (χ0n) is 19.5. The largest absolute Gasteiger partial charge is 0.465 e. The number of hydrogen-bond donors (Lipinski definition) is 1. The van der Waals surface area contributed by atoms with Gasteiger partial charge in [-0.3, -0.25) is 9.59 Å². The van der Waals surface area contributed by atoms with Crippen molar-refractivity contribution < 1.29 is 14.3 Å². The van der Waals surface area contributed by atoms with Gasteiger partial charge in [0.25, 0.3) is 5.56 Å². The van der Waals surface area contributed by atoms with Gasteiger partial charge in [-0.25, -0.2) is 14.8 Å². The second-order valence-corrected chi connectivity index (χ2v) is 8.85. The number of thioether (sulfide) groups is 1. The van der Waals surface area contributed by atoms with Crippen LogP contribution in [0.4, 0.5) is 0 Å². The molecule has 0 aliphatic carbocycles. The highest BCUT2D eigenvalue weighted by atomic mass is 32.2. The first kappa shape index (κ1) is 24.2. The van der Waals surface area contributed by atoms with Crippen LogP contribution in [0.3, 0.4) is 0 Å². The fourth-order valence-electron chi connectivity index (χ4n) is 3.87. The molecule has 0 bridgehead atoms. The molecule has 1 N–H and O–H groups in total. The maximum atomic E-state index is 13.2. The molecule has 1 amide bonds. The van der Waals surface area contributed by atoms with Gasteiger partial charge < -0.3 is 14.6 Å². The van der Waals surface area contributed by atoms with Crippen LogP contribution in [0.2, 0.25) is 0 Å². The summed E-state index contributed by atoms with van der Waals surface area (Å²) in [6.07, 6.45) is 0. The number of ether oxygens (including phenoxy) is 1. The molecule has 0 aliphatic rings. The van der Waals surface area contributed by atoms with Gasteiger partial charge in [-0.05, 0) is 24.1 Å². The van der Waals surface area contributed by atoms with Crippen molar-refractivity contribution in [1.82, 2.24) is 19.9 Å². The Morgan fingerprint density at radius 2 is 1.63 bits per heavy atom. The molecule has 2 aromatic heterocycles. The molecule has 4 rings (SSSR count). The molecule has 0 spiro atoms. The molecule has 8 nitrogen and oxygen atoms in total. The molecule has 4 aromatic rings. The summed E-state index contributed by atoms with van der Waals surface area (Å²) < 4.78 is 4.78. The van der Waals surface area contributed by atoms with Crippen LogP contribution in [-0.4, -0.2) is 51.6 Å². The maximum Gasteiger partial charge on any atom is 0.338 e. The molecule has 0 radical (unpaired) electrons. The van der Waals surface area contributed by atoms with E-state index in [0.29, 0.717) is 5.69 Å². The minimum atomic E-state index is -0.641. The van der Waals surface area contributed by atoms with Crippen LogP contribution < -0.4 is 5.56 Å². The van der Waals surface area contributed by atoms with Crippen LogP contribution in [0.1, 0.15) is 33.2 Å². The van der Waals surface area contributed by atoms with Crippen molar-refractivity contribution >= 4 is 34.7 Å². The topological polar surface area (TPSA) is 105 Å². The number of H-pyrrole nitrogens is 1. The monoisotopic (exact) mass is 488 g/mol. The van der Waals surface area contributed by atoms with Gasteiger partial charge in [0.2, 0.25) is 5.91 Å². The Bertz CT molecular complexity index is 1380. The number of nitrogens with one attached hydrogen (secondary N) is 1. The second kappa shape index (κ2) is 10.5. The summed E-state index contributed by atoms with van der Waals surface area (Å²) >= 11 is 1.11. The van der Waals surface area contributed by atoms with Gasteiger partial charge in [-0.1, -0.05) is 72.4 Å². The van der Waals surface area contributed by atoms with E-state index in [1.165, 1.54) is 13.2 Å². The predicted octanol–water partition coefficient (Wildman–Crippen LogP) is 3.75. The number of pyridine rings is 1. The highest BCUT2D eigenvalue weighted by Gasteiger charge is 2.24. The van der Waals surface area contributed by atoms with Gasteiger partial charge in [0.1, 0.15) is 0 Å². The lowest BCUT2D eigenvalue weighted by atomic mass is 9.97. The van der Waals surface area contributed by atoms with Crippen molar-refractivity contribution in [2.24, 2.45) is 0 Å². The fourth-order valence-corrected chi connectivity index (χ4v) is 4.65. The number of aromatic amines is 1. The van der Waals surface area contributed by atoms with Crippen LogP contribution in [0, 0.1) is 6.92 Å². The van der Waals surface area contributed by atoms with Crippen LogP contribution in [0.25, 0.3) is 11.0 Å². The van der Waals surface area contributed by atoms with Crippen molar-refractivity contribution in [3.63, 3.8) is 0 Å². The molecule has 0 atom stereocenters. The number of nitrogens with zero attached hydrogens (tertiary/aromatic N) is 3. The number of methoxy groups -OCH3 is 1. The van der Waals surface area contributed by atoms with Crippen molar-refractivity contribution in [1.29, 1.82) is 0 Å². The van der Waals surface area contributed by atoms with Crippen LogP contribution in [0.15, 0.2) is 76.7 Å². The number of carbonyl (C=O) groups is 2. The van der Waals surface area contributed by atoms with E-state index in [1.54, 1.807) is 18.9 Å². The Morgan fingerprint density at radius 3 is 2.20 bits per heavy atom. The van der Waals surface area contributed by atoms with Crippen LogP contribution >= 0.6 is 11.8 Å². The molecule has 0 unspecified atom stereocenters. The molecular formula is C26H24N4O4S. The highest BCUT2D eigenvalue weighted by molar-refractivity contribution is 7.99. The summed E-state index contributed by atoms with van der Waals surface area (Å²) in [4.78, 5) is 51.1. The molecule has 0 saturated carbocycles. The standard InChI is InChI=1S/C26H24N4O4S/c1-16-14-19(25(33)34-3)21-23(27-16)28-26(29-24(21)32)35-15-20(31)30(2)22(17-10-6-4-7-11-17)18-12-8-5-9-13-18/h4-14,22H,15H2,1-3H3,(H,27,28,29,32). The molecule has 35 heavy (non-hydrogen) atoms. The van der Waals surface area contributed by atoms with E-state index >= 15 is 0 Å². The first-order chi connectivity index (χ1) is 16.9. The number of fused-ring (bicyclic) bond motifs is 1. The second-order valence-electron chi connectivity index (χ2n) is 7.89. The predicted molar refractivity (Wildman–Crippen MR) is 134 cm³/mol. The third-order valence-electron chi connectivity index (χ3n) is 5.53. The van der Waals surface area contributed by atoms with Crippen molar-refractivity contribution in [2.45, 2.75) is 18.1 Å². The molecule has 0 saturated heterocycles. The number of aryl methyl sites for hydroxylation is 1. The maximum absolute atomic E-state index is 13.2. The van der Waals surface area contributed by atoms with Gasteiger partial charge >= 0.3 is 5.97 Å². The van der Waals surface area contributed by atoms with Gasteiger partial charge in [0.15, 0.2) is 10.8 Å². The Kier molecular flexibility index (Phi) is 7.26. The summed E-state index contributed by atoms with van der Waals surface area (Å²) in [5.74, 6) is -0.725. The average Bonchev–Trinajstić information content (AvgIpc) is 2.87. The fraction of sp³-hybridized carbons (Fsp3) is 0.192. The highest BCUT2D eigenvalue weighted by Crippen LogP contribution is 2.28. The van der Waals surface area contributed by atoms with E-state index in [2.05, 4.69) is 15.0 Å². The molecule has 0 aliphatic heterocycles. The summed E-state index contributed by atoms with van der Waals surface area (Å²) in [6.45, 7) is 1.70. The third kappa shape index (κ3) is 5.25. The van der Waals surface area contributed by atoms with Gasteiger partial charge in [-0.2, -0.15) is 0 Å². The summed E-state index contributed by atoms with van der Waals surface area (Å²) in [7, 11) is 3.01. The van der Waals surface area contributed by atoms with Gasteiger partial charge in [-0.15, -0.1) is 0 Å². The van der Waals surface area contributed by atoms with E-state index < -0.39 is 11.5 Å². The zero-order valence-corrected chi connectivity index (χ0v) is 20.3. The first-order valence-electron chi connectivity index (χ1n) is 10.9. The quantitative estimate of drug-likeness (QED) is 0.240. The van der Waals surface area contributed by atoms with Gasteiger partial charge in [0, 0.05) is 12.7 Å². The summed E-state index contributed by atoms with van der Waals surface area (Å²) in [6, 6.07) is 20.8. The normalized spacial score (nSPS) is 11.0. The smallest absolute Gasteiger partial charge is 0.338 e. The molecule has 2 aromatic carbocycles. The third-order valence-corrected chi connectivity index (χ3v) is 6.39. The number of benzene rings is 2. The van der Waals surface area contributed by atoms with Crippen LogP contribution in [-0.2, 0) is 9.53 Å². The Labute approximate surface area is 206 Å². The van der Waals surface area contributed by atoms with E-state index in [-0.39, 0.29) is 39.5 Å². The number of aromatic nitrogens is 3. The zero-order chi connectivity index (χ0) is 24.9. The van der Waals surface area contributed by atoms with Crippen molar-refractivity contribution in [2.75, 3.05) is 19.9 Å². The van der Waals surface area contributed by atoms with E-state index in [4.69, 9.17) is 4.74 Å². The SMILES string of the molecule is COC(=O)c1cc(C)nc2nc(SCC(=O)N(C)C(c3ccccc3)c3ccccc3)[nH]c(=O)c12. The Morgan fingerprint density at radius 1 is 1.03 bits per heavy atom. The summed E-state index contributed by atoms with van der Waals surface area (Å²) in [5, 5.41) is 0.303. The molecule has 0 fully saturated rings. The van der Waals surface area contributed by atoms with Crippen molar-refractivity contribution in [3.05, 3.63) is 99.5 Å². The lowest BCUT2D eigenvalue weighted by molar-refractivity contribution is -0.128. The number of esters is 1. The minimum absolute atomic E-state index is 0.0524. The number of amides is 1. The first-order valence-corrected chi connectivity index (χ1v) is 11.9. The lowest BCUT2D eigenvalue weighted by Crippen LogP contribution is -2.33. The Balaban J connectivity index is 1.59. The van der Waals surface area contributed by atoms with Crippen LogP contribution in [0.5, 0.6) is 0 Å². The number of hydrogen-bond acceptors (Lipinski definition) is 7. The summed E-state index contributed by atoms with van der Waals surface area (Å²) in [5.41, 5.74) is 2.22. The molecule has 9 heteroatoms. The van der Waals surface area contributed by atoms with E-state index in [9.17, 15) is 14.4 Å².